The summed E-state index contributed by atoms with van der Waals surface area (Å²) in [7, 11) is 0. The number of carboxylic acid groups (broad SMARTS) is 2. The molecule has 3 heterocycles. The number of rotatable bonds is 5. The van der Waals surface area contributed by atoms with E-state index in [2.05, 4.69) is 35.2 Å². The normalized spacial score (nSPS) is 13.7. The Kier molecular flexibility index (Phi) is 7.49. The highest BCUT2D eigenvalue weighted by molar-refractivity contribution is 5.83. The smallest absolute Gasteiger partial charge is 0.480 e. The molecule has 200 valence electrons. The quantitative estimate of drug-likeness (QED) is 0.384. The molecule has 0 atom stereocenters. The summed E-state index contributed by atoms with van der Waals surface area (Å²) in [5, 5.41) is 25.8. The summed E-state index contributed by atoms with van der Waals surface area (Å²) < 4.78 is 39.3. The van der Waals surface area contributed by atoms with E-state index in [4.69, 9.17) is 19.5 Å². The third kappa shape index (κ3) is 5.99. The predicted molar refractivity (Wildman–Crippen MR) is 129 cm³/mol. The third-order valence-electron chi connectivity index (χ3n) is 5.91. The fraction of sp³-hybridized carbons (Fsp3) is 0.320. The zero-order chi connectivity index (χ0) is 27.6. The molecule has 2 N–H and O–H groups in total. The van der Waals surface area contributed by atoms with Crippen LogP contribution in [-0.2, 0) is 22.6 Å². The summed E-state index contributed by atoms with van der Waals surface area (Å²) in [6.45, 7) is 5.64. The Morgan fingerprint density at radius 2 is 1.79 bits per heavy atom. The summed E-state index contributed by atoms with van der Waals surface area (Å²) in [5.74, 6) is -2.54. The Hall–Kier alpha value is -4.26. The average molecular weight is 531 g/mol. The zero-order valence-corrected chi connectivity index (χ0v) is 20.4. The van der Waals surface area contributed by atoms with Gasteiger partial charge >= 0.3 is 18.1 Å². The average Bonchev–Trinajstić information content (AvgIpc) is 3.50. The molecule has 0 unspecified atom stereocenters. The molecule has 0 saturated carbocycles. The Balaban J connectivity index is 0.000000426. The van der Waals surface area contributed by atoms with Crippen molar-refractivity contribution in [1.82, 2.24) is 24.8 Å². The molecule has 2 aromatic heterocycles. The molecule has 4 aromatic rings. The van der Waals surface area contributed by atoms with Crippen LogP contribution in [0.15, 0.2) is 47.1 Å². The van der Waals surface area contributed by atoms with Gasteiger partial charge in [-0.15, -0.1) is 0 Å². The molecule has 13 heteroatoms. The fourth-order valence-electron chi connectivity index (χ4n) is 4.13. The van der Waals surface area contributed by atoms with Crippen LogP contribution in [0, 0.1) is 0 Å². The van der Waals surface area contributed by atoms with Gasteiger partial charge in [0.15, 0.2) is 0 Å². The monoisotopic (exact) mass is 531 g/mol. The molecule has 10 nitrogen and oxygen atoms in total. The summed E-state index contributed by atoms with van der Waals surface area (Å²) in [4.78, 5) is 26.4. The first-order valence-electron chi connectivity index (χ1n) is 11.6. The van der Waals surface area contributed by atoms with Crippen molar-refractivity contribution in [2.75, 3.05) is 13.1 Å². The number of fused-ring (bicyclic) bond motifs is 2. The first-order chi connectivity index (χ1) is 17.9. The number of aromatic nitrogens is 4. The topological polar surface area (TPSA) is 135 Å². The van der Waals surface area contributed by atoms with Gasteiger partial charge in [-0.1, -0.05) is 17.3 Å². The number of carbonyl (C=O) groups is 2. The number of benzene rings is 2. The lowest BCUT2D eigenvalue weighted by Gasteiger charge is -2.27. The van der Waals surface area contributed by atoms with Crippen LogP contribution in [0.3, 0.4) is 0 Å². The highest BCUT2D eigenvalue weighted by Gasteiger charge is 2.38. The Labute approximate surface area is 214 Å². The Morgan fingerprint density at radius 1 is 1.08 bits per heavy atom. The van der Waals surface area contributed by atoms with Crippen LogP contribution in [0.1, 0.15) is 31.0 Å². The van der Waals surface area contributed by atoms with Gasteiger partial charge in [-0.2, -0.15) is 23.3 Å². The van der Waals surface area contributed by atoms with E-state index in [1.807, 2.05) is 46.1 Å². The van der Waals surface area contributed by atoms with Gasteiger partial charge in [0.25, 0.3) is 5.89 Å². The molecule has 0 bridgehead atoms. The predicted octanol–water partition coefficient (Wildman–Crippen LogP) is 4.41. The van der Waals surface area contributed by atoms with E-state index >= 15 is 0 Å². The number of carboxylic acids is 2. The van der Waals surface area contributed by atoms with Crippen molar-refractivity contribution < 1.29 is 37.5 Å². The number of hydrogen-bond acceptors (Lipinski definition) is 7. The number of halogens is 3. The SMILES string of the molecule is CC(C)n1ncc2cc(-c3nc(-c4ccc5c(c4)CCN(CC(=O)O)C5)no3)ccc21.O=C(O)C(F)(F)F. The highest BCUT2D eigenvalue weighted by atomic mass is 19.4. The van der Waals surface area contributed by atoms with Crippen molar-refractivity contribution in [1.29, 1.82) is 0 Å². The molecular weight excluding hydrogens is 507 g/mol. The molecule has 2 aromatic carbocycles. The van der Waals surface area contributed by atoms with Gasteiger partial charge in [-0.05, 0) is 55.7 Å². The lowest BCUT2D eigenvalue weighted by Crippen LogP contribution is -2.34. The van der Waals surface area contributed by atoms with E-state index in [0.717, 1.165) is 40.6 Å². The van der Waals surface area contributed by atoms with Gasteiger partial charge in [0, 0.05) is 35.6 Å². The lowest BCUT2D eigenvalue weighted by atomic mass is 9.97. The van der Waals surface area contributed by atoms with Crippen molar-refractivity contribution >= 4 is 22.8 Å². The lowest BCUT2D eigenvalue weighted by molar-refractivity contribution is -0.192. The maximum Gasteiger partial charge on any atom is 0.490 e. The van der Waals surface area contributed by atoms with Crippen LogP contribution in [0.4, 0.5) is 13.2 Å². The molecule has 0 saturated heterocycles. The van der Waals surface area contributed by atoms with E-state index < -0.39 is 18.1 Å². The fourth-order valence-corrected chi connectivity index (χ4v) is 4.13. The van der Waals surface area contributed by atoms with Gasteiger partial charge in [0.05, 0.1) is 18.3 Å². The van der Waals surface area contributed by atoms with Crippen LogP contribution in [0.25, 0.3) is 33.7 Å². The number of alkyl halides is 3. The number of nitrogens with zero attached hydrogens (tertiary/aromatic N) is 5. The summed E-state index contributed by atoms with van der Waals surface area (Å²) >= 11 is 0. The highest BCUT2D eigenvalue weighted by Crippen LogP contribution is 2.29. The van der Waals surface area contributed by atoms with Gasteiger partial charge in [-0.3, -0.25) is 14.4 Å². The van der Waals surface area contributed by atoms with E-state index in [1.54, 1.807) is 0 Å². The minimum atomic E-state index is -5.08. The molecule has 0 fully saturated rings. The van der Waals surface area contributed by atoms with Crippen LogP contribution in [0.2, 0.25) is 0 Å². The van der Waals surface area contributed by atoms with Crippen LogP contribution in [-0.4, -0.2) is 66.2 Å². The van der Waals surface area contributed by atoms with Crippen molar-refractivity contribution in [3.8, 4) is 22.8 Å². The van der Waals surface area contributed by atoms with Crippen LogP contribution >= 0.6 is 0 Å². The van der Waals surface area contributed by atoms with Crippen molar-refractivity contribution in [2.24, 2.45) is 0 Å². The Bertz CT molecular complexity index is 1480. The second-order valence-corrected chi connectivity index (χ2v) is 9.02. The largest absolute Gasteiger partial charge is 0.490 e. The number of hydrogen-bond donors (Lipinski definition) is 2. The van der Waals surface area contributed by atoms with Gasteiger partial charge in [0.1, 0.15) is 0 Å². The number of aliphatic carboxylic acids is 2. The maximum atomic E-state index is 11.0. The van der Waals surface area contributed by atoms with Gasteiger partial charge in [0.2, 0.25) is 5.82 Å². The maximum absolute atomic E-state index is 11.0. The first kappa shape index (κ1) is 26.8. The second-order valence-electron chi connectivity index (χ2n) is 9.02. The Morgan fingerprint density at radius 3 is 2.45 bits per heavy atom. The van der Waals surface area contributed by atoms with Crippen LogP contribution < -0.4 is 0 Å². The molecule has 0 radical (unpaired) electrons. The van der Waals surface area contributed by atoms with Crippen molar-refractivity contribution in [2.45, 2.75) is 39.0 Å². The molecular formula is C25H24F3N5O5. The second kappa shape index (κ2) is 10.6. The zero-order valence-electron chi connectivity index (χ0n) is 20.4. The van der Waals surface area contributed by atoms with E-state index in [1.165, 1.54) is 5.56 Å². The minimum Gasteiger partial charge on any atom is -0.480 e. The van der Waals surface area contributed by atoms with Gasteiger partial charge in [-0.25, -0.2) is 4.79 Å². The molecule has 0 spiro atoms. The molecule has 0 amide bonds. The third-order valence-corrected chi connectivity index (χ3v) is 5.91. The van der Waals surface area contributed by atoms with E-state index in [0.29, 0.717) is 24.3 Å². The molecule has 1 aliphatic rings. The summed E-state index contributed by atoms with van der Waals surface area (Å²) in [6.07, 6.45) is -2.43. The van der Waals surface area contributed by atoms with E-state index in [-0.39, 0.29) is 6.54 Å². The van der Waals surface area contributed by atoms with Crippen molar-refractivity contribution in [3.05, 3.63) is 53.7 Å². The van der Waals surface area contributed by atoms with Crippen molar-refractivity contribution in [3.63, 3.8) is 0 Å². The first-order valence-corrected chi connectivity index (χ1v) is 11.6. The van der Waals surface area contributed by atoms with E-state index in [9.17, 15) is 18.0 Å². The summed E-state index contributed by atoms with van der Waals surface area (Å²) in [5.41, 5.74) is 5.18. The molecule has 1 aliphatic heterocycles. The summed E-state index contributed by atoms with van der Waals surface area (Å²) in [6, 6.07) is 12.4. The van der Waals surface area contributed by atoms with Gasteiger partial charge < -0.3 is 14.7 Å². The van der Waals surface area contributed by atoms with Crippen LogP contribution in [0.5, 0.6) is 0 Å². The molecule has 5 rings (SSSR count). The minimum absolute atomic E-state index is 0.0653. The molecule has 0 aliphatic carbocycles. The molecule has 38 heavy (non-hydrogen) atoms. The standard InChI is InChI=1S/C23H23N5O3.C2HF3O2/c1-14(2)28-20-6-5-17(10-19(20)11-24-28)23-25-22(26-31-23)16-3-4-18-12-27(13-21(29)30)8-7-15(18)9-16;3-2(4,5)1(6)7/h3-6,9-11,14H,7-8,12-13H2,1-2H3,(H,29,30);(H,6,7).